The molecule has 1 unspecified atom stereocenters. The number of nitrogens with two attached hydrogens (primary N) is 1. The van der Waals surface area contributed by atoms with Gasteiger partial charge < -0.3 is 15.4 Å². The van der Waals surface area contributed by atoms with Gasteiger partial charge in [-0.3, -0.25) is 0 Å². The first kappa shape index (κ1) is 24.0. The molecule has 0 fully saturated rings. The molecule has 4 nitrogen and oxygen atoms in total. The predicted molar refractivity (Wildman–Crippen MR) is 116 cm³/mol. The largest absolute Gasteiger partial charge is 0.416 e. The number of oxime groups is 1. The zero-order valence-corrected chi connectivity index (χ0v) is 18.9. The lowest BCUT2D eigenvalue weighted by atomic mass is 9.98. The van der Waals surface area contributed by atoms with Gasteiger partial charge in [-0.25, -0.2) is 0 Å². The number of benzene rings is 2. The molecule has 2 aromatic rings. The average Bonchev–Trinajstić information content (AvgIpc) is 2.66. The second-order valence-electron chi connectivity index (χ2n) is 8.86. The van der Waals surface area contributed by atoms with Crippen molar-refractivity contribution in [2.75, 3.05) is 0 Å². The van der Waals surface area contributed by atoms with E-state index in [0.717, 1.165) is 23.3 Å². The van der Waals surface area contributed by atoms with Crippen LogP contribution >= 0.6 is 0 Å². The molecule has 164 valence electrons. The van der Waals surface area contributed by atoms with Crippen molar-refractivity contribution >= 4 is 14.2 Å². The molecule has 0 radical (unpaired) electrons. The Balaban J connectivity index is 2.41. The zero-order chi connectivity index (χ0) is 22.7. The Morgan fingerprint density at radius 1 is 1.07 bits per heavy atom. The first-order valence-corrected chi connectivity index (χ1v) is 12.6. The normalized spacial score (nSPS) is 14.6. The fourth-order valence-corrected chi connectivity index (χ4v) is 4.05. The van der Waals surface area contributed by atoms with Crippen molar-refractivity contribution < 1.29 is 22.8 Å². The summed E-state index contributed by atoms with van der Waals surface area (Å²) in [6.45, 7) is 10.6. The number of alkyl halides is 3. The van der Waals surface area contributed by atoms with E-state index in [1.54, 1.807) is 0 Å². The maximum atomic E-state index is 12.8. The molecule has 0 bridgehead atoms. The van der Waals surface area contributed by atoms with E-state index in [2.05, 4.69) is 39.0 Å². The zero-order valence-electron chi connectivity index (χ0n) is 17.9. The van der Waals surface area contributed by atoms with Crippen molar-refractivity contribution in [2.45, 2.75) is 57.6 Å². The third kappa shape index (κ3) is 5.86. The van der Waals surface area contributed by atoms with Crippen LogP contribution in [0.5, 0.6) is 0 Å². The molecule has 0 aliphatic heterocycles. The highest BCUT2D eigenvalue weighted by atomic mass is 28.4. The number of nitrogens with zero attached hydrogens (tertiary/aromatic N) is 1. The summed E-state index contributed by atoms with van der Waals surface area (Å²) in [5.41, 5.74) is 7.35. The number of amidine groups is 1. The molecule has 0 saturated heterocycles. The van der Waals surface area contributed by atoms with Crippen LogP contribution in [0.1, 0.15) is 44.4 Å². The van der Waals surface area contributed by atoms with Crippen LogP contribution in [0, 0.1) is 0 Å². The van der Waals surface area contributed by atoms with Gasteiger partial charge in [0.25, 0.3) is 0 Å². The Morgan fingerprint density at radius 3 is 2.17 bits per heavy atom. The Bertz CT molecular complexity index is 888. The summed E-state index contributed by atoms with van der Waals surface area (Å²) < 4.78 is 45.1. The second kappa shape index (κ2) is 8.81. The van der Waals surface area contributed by atoms with E-state index >= 15 is 0 Å². The summed E-state index contributed by atoms with van der Waals surface area (Å²) in [5.74, 6) is 0.0543. The fraction of sp³-hybridized carbons (Fsp3) is 0.409. The quantitative estimate of drug-likeness (QED) is 0.176. The number of rotatable bonds is 6. The van der Waals surface area contributed by atoms with Crippen molar-refractivity contribution in [2.24, 2.45) is 10.9 Å². The molecular formula is C22H29F3N2O2Si. The maximum absolute atomic E-state index is 12.8. The molecular weight excluding hydrogens is 409 g/mol. The molecule has 1 atom stereocenters. The fourth-order valence-electron chi connectivity index (χ4n) is 2.76. The van der Waals surface area contributed by atoms with Gasteiger partial charge in [0.1, 0.15) is 5.84 Å². The van der Waals surface area contributed by atoms with Crippen LogP contribution in [0.25, 0.3) is 11.1 Å². The van der Waals surface area contributed by atoms with Crippen LogP contribution in [0.3, 0.4) is 0 Å². The van der Waals surface area contributed by atoms with E-state index in [4.69, 9.17) is 15.4 Å². The van der Waals surface area contributed by atoms with E-state index in [1.165, 1.54) is 12.1 Å². The molecule has 0 saturated carbocycles. The molecule has 30 heavy (non-hydrogen) atoms. The minimum absolute atomic E-state index is 0.0403. The molecule has 0 aliphatic carbocycles. The number of hydrogen-bond acceptors (Lipinski definition) is 3. The highest BCUT2D eigenvalue weighted by molar-refractivity contribution is 6.74. The van der Waals surface area contributed by atoms with Crippen LogP contribution in [0.15, 0.2) is 53.7 Å². The van der Waals surface area contributed by atoms with Gasteiger partial charge >= 0.3 is 6.18 Å². The summed E-state index contributed by atoms with van der Waals surface area (Å²) in [4.78, 5) is 0. The third-order valence-electron chi connectivity index (χ3n) is 5.57. The average molecular weight is 439 g/mol. The molecule has 3 N–H and O–H groups in total. The van der Waals surface area contributed by atoms with Crippen molar-refractivity contribution in [3.8, 4) is 11.1 Å². The highest BCUT2D eigenvalue weighted by Crippen LogP contribution is 2.41. The Hall–Kier alpha value is -2.32. The Kier molecular flexibility index (Phi) is 7.03. The third-order valence-corrected chi connectivity index (χ3v) is 10.1. The van der Waals surface area contributed by atoms with Gasteiger partial charge in [0.05, 0.1) is 11.7 Å². The lowest BCUT2D eigenvalue weighted by molar-refractivity contribution is -0.137. The molecule has 0 aliphatic rings. The van der Waals surface area contributed by atoms with E-state index in [1.807, 2.05) is 24.3 Å². The lowest BCUT2D eigenvalue weighted by Gasteiger charge is -2.39. The molecule has 8 heteroatoms. The summed E-state index contributed by atoms with van der Waals surface area (Å²) in [6.07, 6.45) is -4.60. The van der Waals surface area contributed by atoms with Crippen LogP contribution < -0.4 is 5.73 Å². The molecule has 0 aromatic heterocycles. The minimum atomic E-state index is -4.37. The van der Waals surface area contributed by atoms with Gasteiger partial charge in [-0.1, -0.05) is 56.3 Å². The number of halogens is 3. The van der Waals surface area contributed by atoms with Gasteiger partial charge in [-0.15, -0.1) is 0 Å². The van der Waals surface area contributed by atoms with Crippen molar-refractivity contribution in [3.63, 3.8) is 0 Å². The molecule has 0 heterocycles. The number of hydrogen-bond donors (Lipinski definition) is 2. The smallest absolute Gasteiger partial charge is 0.409 e. The SMILES string of the molecule is CC(C)(C)[Si](C)(C)OC(CC(N)=NO)c1cccc(-c2ccc(C(F)(F)F)cc2)c1. The van der Waals surface area contributed by atoms with E-state index < -0.39 is 26.2 Å². The van der Waals surface area contributed by atoms with Crippen molar-refractivity contribution in [1.82, 2.24) is 0 Å². The van der Waals surface area contributed by atoms with Crippen LogP contribution in [-0.4, -0.2) is 19.4 Å². The van der Waals surface area contributed by atoms with Crippen LogP contribution in [-0.2, 0) is 10.6 Å². The van der Waals surface area contributed by atoms with Crippen LogP contribution in [0.4, 0.5) is 13.2 Å². The lowest BCUT2D eigenvalue weighted by Crippen LogP contribution is -2.42. The highest BCUT2D eigenvalue weighted by Gasteiger charge is 2.39. The summed E-state index contributed by atoms with van der Waals surface area (Å²) >= 11 is 0. The Morgan fingerprint density at radius 2 is 1.67 bits per heavy atom. The van der Waals surface area contributed by atoms with Crippen molar-refractivity contribution in [1.29, 1.82) is 0 Å². The van der Waals surface area contributed by atoms with Crippen molar-refractivity contribution in [3.05, 3.63) is 59.7 Å². The topological polar surface area (TPSA) is 67.8 Å². The monoisotopic (exact) mass is 438 g/mol. The van der Waals surface area contributed by atoms with E-state index in [9.17, 15) is 13.2 Å². The van der Waals surface area contributed by atoms with Gasteiger partial charge in [-0.05, 0) is 53.0 Å². The second-order valence-corrected chi connectivity index (χ2v) is 13.6. The van der Waals surface area contributed by atoms with Gasteiger partial charge in [0, 0.05) is 6.42 Å². The molecule has 2 aromatic carbocycles. The van der Waals surface area contributed by atoms with E-state index in [-0.39, 0.29) is 17.3 Å². The predicted octanol–water partition coefficient (Wildman–Crippen LogP) is 6.57. The molecule has 0 spiro atoms. The maximum Gasteiger partial charge on any atom is 0.416 e. The van der Waals surface area contributed by atoms with Crippen LogP contribution in [0.2, 0.25) is 18.1 Å². The summed E-state index contributed by atoms with van der Waals surface area (Å²) in [7, 11) is -2.17. The molecule has 0 amide bonds. The standard InChI is InChI=1S/C22H29F3N2O2Si/c1-21(2,3)30(4,5)29-19(14-20(26)27-28)17-8-6-7-16(13-17)15-9-11-18(12-10-15)22(23,24)25/h6-13,19,28H,14H2,1-5H3,(H2,26,27). The Labute approximate surface area is 176 Å². The first-order chi connectivity index (χ1) is 13.7. The summed E-state index contributed by atoms with van der Waals surface area (Å²) in [6, 6.07) is 12.5. The van der Waals surface area contributed by atoms with Gasteiger partial charge in [0.2, 0.25) is 0 Å². The first-order valence-electron chi connectivity index (χ1n) is 9.66. The summed E-state index contributed by atoms with van der Waals surface area (Å²) in [5, 5.41) is 12.1. The molecule has 2 rings (SSSR count). The van der Waals surface area contributed by atoms with Gasteiger partial charge in [0.15, 0.2) is 8.32 Å². The van der Waals surface area contributed by atoms with E-state index in [0.29, 0.717) is 5.56 Å². The minimum Gasteiger partial charge on any atom is -0.409 e. The van der Waals surface area contributed by atoms with Gasteiger partial charge in [-0.2, -0.15) is 13.2 Å².